The lowest BCUT2D eigenvalue weighted by Crippen LogP contribution is -2.48. The first kappa shape index (κ1) is 18.3. The Morgan fingerprint density at radius 3 is 2.77 bits per heavy atom. The van der Waals surface area contributed by atoms with Crippen LogP contribution in [0.3, 0.4) is 0 Å². The topological polar surface area (TPSA) is 139 Å². The molecule has 0 atom stereocenters. The molecule has 0 unspecified atom stereocenters. The van der Waals surface area contributed by atoms with E-state index in [4.69, 9.17) is 4.74 Å². The molecular weight excluding hydrogens is 344 g/mol. The Morgan fingerprint density at radius 1 is 1.38 bits per heavy atom. The van der Waals surface area contributed by atoms with Gasteiger partial charge in [0.05, 0.1) is 6.61 Å². The van der Waals surface area contributed by atoms with Crippen LogP contribution in [0.5, 0.6) is 0 Å². The first-order valence-electron chi connectivity index (χ1n) is 8.41. The van der Waals surface area contributed by atoms with E-state index in [0.29, 0.717) is 31.8 Å². The minimum absolute atomic E-state index is 0.0148. The van der Waals surface area contributed by atoms with E-state index in [1.807, 2.05) is 4.57 Å². The zero-order valence-corrected chi connectivity index (χ0v) is 14.5. The molecule has 142 valence electrons. The number of nitrogens with one attached hydrogen (secondary N) is 2. The predicted molar refractivity (Wildman–Crippen MR) is 86.8 cm³/mol. The van der Waals surface area contributed by atoms with E-state index in [9.17, 15) is 19.5 Å². The molecule has 1 aromatic rings. The van der Waals surface area contributed by atoms with E-state index in [0.717, 1.165) is 5.82 Å². The molecule has 1 aromatic heterocycles. The van der Waals surface area contributed by atoms with Crippen molar-refractivity contribution in [3.05, 3.63) is 11.6 Å². The number of urea groups is 1. The summed E-state index contributed by atoms with van der Waals surface area (Å²) in [7, 11) is 1.60. The van der Waals surface area contributed by atoms with Gasteiger partial charge in [0.25, 0.3) is 0 Å². The summed E-state index contributed by atoms with van der Waals surface area (Å²) in [6.45, 7) is 0.617. The van der Waals surface area contributed by atoms with Gasteiger partial charge >= 0.3 is 6.03 Å². The molecule has 3 rings (SSSR count). The normalized spacial score (nSPS) is 22.3. The lowest BCUT2D eigenvalue weighted by Gasteiger charge is -2.35. The van der Waals surface area contributed by atoms with Crippen LogP contribution in [0.2, 0.25) is 0 Å². The van der Waals surface area contributed by atoms with E-state index in [-0.39, 0.29) is 37.6 Å². The molecule has 26 heavy (non-hydrogen) atoms. The molecule has 1 saturated carbocycles. The van der Waals surface area contributed by atoms with E-state index in [1.165, 1.54) is 4.90 Å². The molecule has 3 N–H and O–H groups in total. The van der Waals surface area contributed by atoms with Crippen molar-refractivity contribution in [2.45, 2.75) is 38.0 Å². The first-order valence-corrected chi connectivity index (χ1v) is 8.41. The fraction of sp³-hybridized carbons (Fsp3) is 0.667. The number of aliphatic hydroxyl groups is 1. The van der Waals surface area contributed by atoms with Crippen LogP contribution < -0.4 is 10.6 Å². The second kappa shape index (κ2) is 7.79. The molecule has 0 bridgehead atoms. The van der Waals surface area contributed by atoms with Gasteiger partial charge in [-0.2, -0.15) is 0 Å². The number of amides is 4. The average molecular weight is 366 g/mol. The number of imide groups is 1. The van der Waals surface area contributed by atoms with Crippen molar-refractivity contribution in [3.8, 4) is 0 Å². The van der Waals surface area contributed by atoms with Crippen LogP contribution in [-0.4, -0.2) is 75.5 Å². The van der Waals surface area contributed by atoms with Gasteiger partial charge in [0.1, 0.15) is 25.5 Å². The molecule has 0 aromatic carbocycles. The minimum Gasteiger partial charge on any atom is -0.388 e. The van der Waals surface area contributed by atoms with Gasteiger partial charge in [-0.05, 0) is 12.8 Å². The van der Waals surface area contributed by atoms with Crippen LogP contribution in [0.25, 0.3) is 0 Å². The van der Waals surface area contributed by atoms with Crippen molar-refractivity contribution < 1.29 is 24.2 Å². The Kier molecular flexibility index (Phi) is 5.47. The van der Waals surface area contributed by atoms with Crippen LogP contribution in [0.15, 0.2) is 0 Å². The summed E-state index contributed by atoms with van der Waals surface area (Å²) in [5.41, 5.74) is 0. The van der Waals surface area contributed by atoms with Crippen LogP contribution in [0.4, 0.5) is 4.79 Å². The fourth-order valence-electron chi connectivity index (χ4n) is 3.20. The fourth-order valence-corrected chi connectivity index (χ4v) is 3.20. The van der Waals surface area contributed by atoms with Gasteiger partial charge in [-0.1, -0.05) is 0 Å². The van der Waals surface area contributed by atoms with Gasteiger partial charge in [-0.15, -0.1) is 10.2 Å². The molecule has 4 amide bonds. The quantitative estimate of drug-likeness (QED) is 0.468. The van der Waals surface area contributed by atoms with Gasteiger partial charge in [-0.3, -0.25) is 14.9 Å². The number of carbonyl (C=O) groups is 3. The second-order valence-electron chi connectivity index (χ2n) is 6.42. The average Bonchev–Trinajstić information content (AvgIpc) is 3.10. The summed E-state index contributed by atoms with van der Waals surface area (Å²) in [6, 6.07) is -0.557. The van der Waals surface area contributed by atoms with Gasteiger partial charge in [0.2, 0.25) is 11.8 Å². The summed E-state index contributed by atoms with van der Waals surface area (Å²) in [5, 5.41) is 22.5. The first-order chi connectivity index (χ1) is 12.5. The third kappa shape index (κ3) is 3.83. The van der Waals surface area contributed by atoms with Crippen LogP contribution in [-0.2, 0) is 27.5 Å². The highest BCUT2D eigenvalue weighted by Gasteiger charge is 2.36. The molecule has 2 aliphatic rings. The number of nitrogens with zero attached hydrogens (tertiary/aromatic N) is 4. The monoisotopic (exact) mass is 366 g/mol. The summed E-state index contributed by atoms with van der Waals surface area (Å²) in [6.07, 6.45) is 1.40. The minimum atomic E-state index is -0.542. The van der Waals surface area contributed by atoms with Crippen LogP contribution in [0.1, 0.15) is 30.4 Å². The van der Waals surface area contributed by atoms with Crippen LogP contribution >= 0.6 is 0 Å². The number of hydrogen-bond donors (Lipinski definition) is 3. The van der Waals surface area contributed by atoms with E-state index in [1.54, 1.807) is 7.11 Å². The van der Waals surface area contributed by atoms with Crippen molar-refractivity contribution in [2.75, 3.05) is 26.8 Å². The lowest BCUT2D eigenvalue weighted by atomic mass is 9.79. The Bertz CT molecular complexity index is 699. The highest BCUT2D eigenvalue weighted by Crippen LogP contribution is 2.36. The Balaban J connectivity index is 1.50. The molecule has 2 fully saturated rings. The summed E-state index contributed by atoms with van der Waals surface area (Å²) in [4.78, 5) is 35.8. The zero-order valence-electron chi connectivity index (χ0n) is 14.5. The zero-order chi connectivity index (χ0) is 18.7. The standard InChI is InChI=1S/C15H22N6O5/c1-26-3-2-21-11(8-22)18-19-14(21)9-4-10(5-9)16-12(23)6-20-7-13(24)17-15(20)25/h9-10,22H,2-8H2,1H3,(H,16,23)(H,17,24,25). The Labute approximate surface area is 149 Å². The molecule has 0 radical (unpaired) electrons. The van der Waals surface area contributed by atoms with Crippen molar-refractivity contribution in [2.24, 2.45) is 0 Å². The predicted octanol–water partition coefficient (Wildman–Crippen LogP) is -1.67. The third-order valence-electron chi connectivity index (χ3n) is 4.59. The maximum absolute atomic E-state index is 12.0. The highest BCUT2D eigenvalue weighted by molar-refractivity contribution is 6.03. The summed E-state index contributed by atoms with van der Waals surface area (Å²) in [5.74, 6) is 0.716. The largest absolute Gasteiger partial charge is 0.388 e. The molecule has 11 heteroatoms. The van der Waals surface area contributed by atoms with Crippen molar-refractivity contribution in [3.63, 3.8) is 0 Å². The smallest absolute Gasteiger partial charge is 0.325 e. The molecule has 0 spiro atoms. The maximum Gasteiger partial charge on any atom is 0.325 e. The van der Waals surface area contributed by atoms with E-state index in [2.05, 4.69) is 20.8 Å². The molecule has 1 aliphatic heterocycles. The molecular formula is C15H22N6O5. The number of ether oxygens (including phenoxy) is 1. The van der Waals surface area contributed by atoms with Crippen LogP contribution in [0, 0.1) is 0 Å². The number of carbonyl (C=O) groups excluding carboxylic acids is 3. The maximum atomic E-state index is 12.0. The number of aromatic nitrogens is 3. The van der Waals surface area contributed by atoms with Crippen molar-refractivity contribution in [1.82, 2.24) is 30.3 Å². The molecule has 1 aliphatic carbocycles. The SMILES string of the molecule is COCCn1c(CO)nnc1C1CC(NC(=O)CN2CC(=O)NC2=O)C1. The van der Waals surface area contributed by atoms with Gasteiger partial charge in [0.15, 0.2) is 5.82 Å². The Hall–Kier alpha value is -2.53. The molecule has 1 saturated heterocycles. The van der Waals surface area contributed by atoms with Crippen molar-refractivity contribution >= 4 is 17.8 Å². The van der Waals surface area contributed by atoms with E-state index < -0.39 is 11.9 Å². The third-order valence-corrected chi connectivity index (χ3v) is 4.59. The van der Waals surface area contributed by atoms with E-state index >= 15 is 0 Å². The van der Waals surface area contributed by atoms with Gasteiger partial charge < -0.3 is 24.6 Å². The number of hydrogen-bond acceptors (Lipinski definition) is 7. The summed E-state index contributed by atoms with van der Waals surface area (Å²) >= 11 is 0. The lowest BCUT2D eigenvalue weighted by molar-refractivity contribution is -0.123. The second-order valence-corrected chi connectivity index (χ2v) is 6.42. The highest BCUT2D eigenvalue weighted by atomic mass is 16.5. The number of rotatable bonds is 8. The van der Waals surface area contributed by atoms with Crippen molar-refractivity contribution in [1.29, 1.82) is 0 Å². The molecule has 2 heterocycles. The number of aliphatic hydroxyl groups excluding tert-OH is 1. The van der Waals surface area contributed by atoms with Gasteiger partial charge in [0, 0.05) is 25.6 Å². The summed E-state index contributed by atoms with van der Waals surface area (Å²) < 4.78 is 6.93. The van der Waals surface area contributed by atoms with Gasteiger partial charge in [-0.25, -0.2) is 4.79 Å². The Morgan fingerprint density at radius 2 is 2.15 bits per heavy atom. The number of methoxy groups -OCH3 is 1. The molecule has 11 nitrogen and oxygen atoms in total.